The third kappa shape index (κ3) is 5.30. The van der Waals surface area contributed by atoms with Crippen molar-refractivity contribution >= 4 is 43.9 Å². The highest BCUT2D eigenvalue weighted by Crippen LogP contribution is 2.40. The van der Waals surface area contributed by atoms with E-state index in [2.05, 4.69) is 25.2 Å². The summed E-state index contributed by atoms with van der Waals surface area (Å²) in [5.41, 5.74) is -0.0330. The largest absolute Gasteiger partial charge is 0.386 e. The Labute approximate surface area is 214 Å². The lowest BCUT2D eigenvalue weighted by Gasteiger charge is -2.45. The minimum absolute atomic E-state index is 0.125. The van der Waals surface area contributed by atoms with Crippen LogP contribution < -0.4 is 15.1 Å². The van der Waals surface area contributed by atoms with Crippen molar-refractivity contribution in [3.8, 4) is 0 Å². The SMILES string of the molecule is CC1(C)CN(c2nccc(Nc3cc4cccc(N5CC(CS(C)(=O)=O)C5)c4cn3)n2)CC(F)(F)[C@H]1O. The number of hydrogen-bond acceptors (Lipinski definition) is 9. The lowest BCUT2D eigenvalue weighted by Crippen LogP contribution is -2.61. The summed E-state index contributed by atoms with van der Waals surface area (Å²) >= 11 is 0. The molecule has 2 aliphatic heterocycles. The zero-order chi connectivity index (χ0) is 26.6. The van der Waals surface area contributed by atoms with E-state index in [-0.39, 0.29) is 24.2 Å². The third-order valence-electron chi connectivity index (χ3n) is 6.90. The number of hydrogen-bond donors (Lipinski definition) is 2. The molecule has 2 aliphatic rings. The molecular formula is C25H30F2N6O3S. The van der Waals surface area contributed by atoms with Crippen molar-refractivity contribution in [3.05, 3.63) is 42.7 Å². The molecule has 9 nitrogen and oxygen atoms in total. The van der Waals surface area contributed by atoms with E-state index in [4.69, 9.17) is 0 Å². The van der Waals surface area contributed by atoms with Crippen LogP contribution in [0.5, 0.6) is 0 Å². The number of benzene rings is 1. The predicted octanol–water partition coefficient (Wildman–Crippen LogP) is 3.09. The highest BCUT2D eigenvalue weighted by atomic mass is 32.2. The van der Waals surface area contributed by atoms with Crippen molar-refractivity contribution in [1.82, 2.24) is 15.0 Å². The highest BCUT2D eigenvalue weighted by Gasteiger charge is 2.53. The van der Waals surface area contributed by atoms with E-state index in [0.717, 1.165) is 16.5 Å². The molecule has 2 fully saturated rings. The van der Waals surface area contributed by atoms with Crippen molar-refractivity contribution in [2.45, 2.75) is 25.9 Å². The molecule has 4 heterocycles. The topological polar surface area (TPSA) is 112 Å². The first kappa shape index (κ1) is 25.5. The number of nitrogens with one attached hydrogen (secondary N) is 1. The van der Waals surface area contributed by atoms with Crippen LogP contribution in [0.4, 0.5) is 32.1 Å². The summed E-state index contributed by atoms with van der Waals surface area (Å²) in [6, 6.07) is 9.42. The van der Waals surface area contributed by atoms with Gasteiger partial charge in [-0.05, 0) is 23.6 Å². The summed E-state index contributed by atoms with van der Waals surface area (Å²) in [5, 5.41) is 15.1. The minimum atomic E-state index is -3.28. The lowest BCUT2D eigenvalue weighted by atomic mass is 9.79. The zero-order valence-corrected chi connectivity index (χ0v) is 21.7. The number of piperidine rings is 1. The van der Waals surface area contributed by atoms with E-state index in [1.165, 1.54) is 17.4 Å². The van der Waals surface area contributed by atoms with Crippen LogP contribution in [0.2, 0.25) is 0 Å². The molecule has 0 saturated carbocycles. The van der Waals surface area contributed by atoms with E-state index in [1.54, 1.807) is 26.1 Å². The molecule has 0 amide bonds. The van der Waals surface area contributed by atoms with Gasteiger partial charge in [0.25, 0.3) is 5.92 Å². The van der Waals surface area contributed by atoms with E-state index in [0.29, 0.717) is 24.7 Å². The Bertz CT molecular complexity index is 1410. The van der Waals surface area contributed by atoms with Gasteiger partial charge in [-0.1, -0.05) is 26.0 Å². The van der Waals surface area contributed by atoms with Crippen molar-refractivity contribution in [2.24, 2.45) is 11.3 Å². The number of rotatable bonds is 6. The molecule has 0 spiro atoms. The van der Waals surface area contributed by atoms with Crippen molar-refractivity contribution in [3.63, 3.8) is 0 Å². The number of fused-ring (bicyclic) bond motifs is 1. The van der Waals surface area contributed by atoms with Crippen LogP contribution in [0.25, 0.3) is 10.8 Å². The number of alkyl halides is 2. The molecule has 0 bridgehead atoms. The van der Waals surface area contributed by atoms with Crippen LogP contribution in [0, 0.1) is 11.3 Å². The predicted molar refractivity (Wildman–Crippen MR) is 139 cm³/mol. The van der Waals surface area contributed by atoms with Crippen LogP contribution in [-0.4, -0.2) is 78.7 Å². The number of sulfone groups is 1. The van der Waals surface area contributed by atoms with E-state index in [1.807, 2.05) is 24.3 Å². The fourth-order valence-electron chi connectivity index (χ4n) is 5.19. The van der Waals surface area contributed by atoms with Gasteiger partial charge in [0.2, 0.25) is 5.95 Å². The molecule has 37 heavy (non-hydrogen) atoms. The summed E-state index contributed by atoms with van der Waals surface area (Å²) in [5.74, 6) is -1.88. The summed E-state index contributed by atoms with van der Waals surface area (Å²) < 4.78 is 52.0. The Balaban J connectivity index is 1.33. The maximum Gasteiger partial charge on any atom is 0.291 e. The molecule has 2 saturated heterocycles. The number of halogens is 2. The van der Waals surface area contributed by atoms with Crippen molar-refractivity contribution in [1.29, 1.82) is 0 Å². The zero-order valence-electron chi connectivity index (χ0n) is 20.9. The number of anilines is 4. The summed E-state index contributed by atoms with van der Waals surface area (Å²) in [6.07, 6.45) is 2.77. The fourth-order valence-corrected chi connectivity index (χ4v) is 6.26. The first-order valence-corrected chi connectivity index (χ1v) is 14.1. The number of nitrogens with zero attached hydrogens (tertiary/aromatic N) is 5. The summed E-state index contributed by atoms with van der Waals surface area (Å²) in [7, 11) is -3.00. The normalized spacial score (nSPS) is 21.6. The summed E-state index contributed by atoms with van der Waals surface area (Å²) in [4.78, 5) is 16.7. The van der Waals surface area contributed by atoms with Gasteiger partial charge in [-0.15, -0.1) is 0 Å². The highest BCUT2D eigenvalue weighted by molar-refractivity contribution is 7.90. The van der Waals surface area contributed by atoms with Gasteiger partial charge in [0.1, 0.15) is 27.6 Å². The Morgan fingerprint density at radius 1 is 1.11 bits per heavy atom. The number of pyridine rings is 1. The number of aromatic nitrogens is 3. The number of aliphatic hydroxyl groups excluding tert-OH is 1. The molecule has 3 aromatic rings. The maximum atomic E-state index is 14.4. The van der Waals surface area contributed by atoms with Crippen LogP contribution in [0.3, 0.4) is 0 Å². The summed E-state index contributed by atoms with van der Waals surface area (Å²) in [6.45, 7) is 4.07. The Hall–Kier alpha value is -3.12. The molecule has 5 rings (SSSR count). The van der Waals surface area contributed by atoms with Gasteiger partial charge in [0, 0.05) is 60.7 Å². The Kier molecular flexibility index (Phi) is 6.22. The number of aliphatic hydroxyl groups is 1. The van der Waals surface area contributed by atoms with Gasteiger partial charge in [0.15, 0.2) is 0 Å². The molecule has 1 aromatic carbocycles. The molecule has 1 atom stereocenters. The minimum Gasteiger partial charge on any atom is -0.386 e. The Morgan fingerprint density at radius 3 is 2.57 bits per heavy atom. The van der Waals surface area contributed by atoms with Crippen LogP contribution in [0.15, 0.2) is 42.7 Å². The standard InChI is InChI=1S/C25H30F2N6O3S/c1-24(2)14-33(15-25(26,27)22(24)34)23-28-8-7-20(31-23)30-21-9-17-5-4-6-19(18(17)10-29-21)32-11-16(12-32)13-37(3,35)36/h4-10,16,22,34H,11-15H2,1-3H3,(H,28,29,30,31)/t22-/m0/s1. The van der Waals surface area contributed by atoms with Gasteiger partial charge < -0.3 is 20.2 Å². The molecule has 12 heteroatoms. The van der Waals surface area contributed by atoms with Crippen LogP contribution in [0.1, 0.15) is 13.8 Å². The second kappa shape index (κ2) is 9.02. The molecule has 2 aromatic heterocycles. The van der Waals surface area contributed by atoms with E-state index in [9.17, 15) is 22.3 Å². The van der Waals surface area contributed by atoms with Gasteiger partial charge in [-0.25, -0.2) is 27.2 Å². The molecule has 0 unspecified atom stereocenters. The van der Waals surface area contributed by atoms with Crippen molar-refractivity contribution in [2.75, 3.05) is 53.3 Å². The van der Waals surface area contributed by atoms with Gasteiger partial charge in [0.05, 0.1) is 12.3 Å². The molecular weight excluding hydrogens is 502 g/mol. The molecule has 2 N–H and O–H groups in total. The maximum absolute atomic E-state index is 14.4. The van der Waals surface area contributed by atoms with E-state index < -0.39 is 33.8 Å². The monoisotopic (exact) mass is 532 g/mol. The first-order valence-electron chi connectivity index (χ1n) is 12.0. The van der Waals surface area contributed by atoms with Gasteiger partial charge in [-0.3, -0.25) is 0 Å². The van der Waals surface area contributed by atoms with Crippen LogP contribution in [-0.2, 0) is 9.84 Å². The van der Waals surface area contributed by atoms with Crippen molar-refractivity contribution < 1.29 is 22.3 Å². The first-order chi connectivity index (χ1) is 17.3. The smallest absolute Gasteiger partial charge is 0.291 e. The van der Waals surface area contributed by atoms with Gasteiger partial charge in [-0.2, -0.15) is 4.98 Å². The average molecular weight is 533 g/mol. The molecule has 0 aliphatic carbocycles. The average Bonchev–Trinajstić information content (AvgIpc) is 2.78. The molecule has 198 valence electrons. The second-order valence-electron chi connectivity index (χ2n) is 10.8. The second-order valence-corrected chi connectivity index (χ2v) is 13.0. The fraction of sp³-hybridized carbons (Fsp3) is 0.480. The van der Waals surface area contributed by atoms with E-state index >= 15 is 0 Å². The van der Waals surface area contributed by atoms with Crippen LogP contribution >= 0.6 is 0 Å². The lowest BCUT2D eigenvalue weighted by molar-refractivity contribution is -0.160. The quantitative estimate of drug-likeness (QED) is 0.495. The third-order valence-corrected chi connectivity index (χ3v) is 7.98. The van der Waals surface area contributed by atoms with Gasteiger partial charge >= 0.3 is 0 Å². The molecule has 0 radical (unpaired) electrons. The Morgan fingerprint density at radius 2 is 1.86 bits per heavy atom.